The molecule has 0 aliphatic heterocycles. The fourth-order valence-electron chi connectivity index (χ4n) is 2.47. The molecule has 2 aromatic heterocycles. The van der Waals surface area contributed by atoms with Gasteiger partial charge < -0.3 is 15.2 Å². The van der Waals surface area contributed by atoms with E-state index in [4.69, 9.17) is 0 Å². The molecule has 124 valence electrons. The minimum atomic E-state index is 0.499. The average Bonchev–Trinajstić information content (AvgIpc) is 2.92. The van der Waals surface area contributed by atoms with Crippen LogP contribution in [-0.4, -0.2) is 53.3 Å². The van der Waals surface area contributed by atoms with E-state index in [-0.39, 0.29) is 0 Å². The minimum absolute atomic E-state index is 0.499. The van der Waals surface area contributed by atoms with Crippen LogP contribution in [0.25, 0.3) is 22.4 Å². The van der Waals surface area contributed by atoms with Gasteiger partial charge in [-0.3, -0.25) is 4.79 Å². The summed E-state index contributed by atoms with van der Waals surface area (Å²) in [7, 11) is 4.04. The minimum Gasteiger partial charge on any atom is -0.369 e. The third kappa shape index (κ3) is 3.47. The van der Waals surface area contributed by atoms with Crippen LogP contribution in [-0.2, 0) is 0 Å². The van der Waals surface area contributed by atoms with E-state index in [1.807, 2.05) is 38.4 Å². The largest absolute Gasteiger partial charge is 0.369 e. The number of aromatic amines is 1. The number of hydrogen-bond acceptors (Lipinski definition) is 5. The van der Waals surface area contributed by atoms with Gasteiger partial charge in [-0.15, -0.1) is 0 Å². The zero-order valence-electron chi connectivity index (χ0n) is 13.5. The Morgan fingerprint density at radius 1 is 1.33 bits per heavy atom. The first-order valence-corrected chi connectivity index (χ1v) is 8.36. The van der Waals surface area contributed by atoms with Crippen molar-refractivity contribution < 1.29 is 4.79 Å². The van der Waals surface area contributed by atoms with Gasteiger partial charge in [0.15, 0.2) is 12.1 Å². The number of H-pyrrole nitrogens is 1. The second kappa shape index (κ2) is 7.11. The SMILES string of the molecule is CN(C)CCNc1ccnc(-c2[nH]c3ccc(Br)cc3c2C=O)n1. The van der Waals surface area contributed by atoms with Gasteiger partial charge in [0, 0.05) is 34.7 Å². The fraction of sp³-hybridized carbons (Fsp3) is 0.235. The molecule has 0 saturated heterocycles. The van der Waals surface area contributed by atoms with Gasteiger partial charge in [-0.05, 0) is 38.4 Å². The molecule has 6 nitrogen and oxygen atoms in total. The predicted octanol–water partition coefficient (Wildman–Crippen LogP) is 3.17. The number of likely N-dealkylation sites (N-methyl/N-ethyl adjacent to an activating group) is 1. The Morgan fingerprint density at radius 3 is 2.92 bits per heavy atom. The Labute approximate surface area is 148 Å². The number of nitrogens with one attached hydrogen (secondary N) is 2. The van der Waals surface area contributed by atoms with Crippen molar-refractivity contribution in [2.24, 2.45) is 0 Å². The average molecular weight is 388 g/mol. The molecule has 0 spiro atoms. The monoisotopic (exact) mass is 387 g/mol. The van der Waals surface area contributed by atoms with Gasteiger partial charge in [0.2, 0.25) is 0 Å². The fourth-order valence-corrected chi connectivity index (χ4v) is 2.83. The molecule has 0 radical (unpaired) electrons. The third-order valence-corrected chi connectivity index (χ3v) is 4.16. The highest BCUT2D eigenvalue weighted by molar-refractivity contribution is 9.10. The number of anilines is 1. The summed E-state index contributed by atoms with van der Waals surface area (Å²) in [6.07, 6.45) is 2.53. The lowest BCUT2D eigenvalue weighted by Gasteiger charge is -2.11. The van der Waals surface area contributed by atoms with Crippen LogP contribution >= 0.6 is 15.9 Å². The standard InChI is InChI=1S/C17H18BrN5O/c1-23(2)8-7-19-15-5-6-20-17(22-15)16-13(10-24)12-9-11(18)3-4-14(12)21-16/h3-6,9-10,21H,7-8H2,1-2H3,(H,19,20,22). The Bertz CT molecular complexity index is 875. The Balaban J connectivity index is 1.97. The highest BCUT2D eigenvalue weighted by Crippen LogP contribution is 2.29. The first-order valence-electron chi connectivity index (χ1n) is 7.57. The number of fused-ring (bicyclic) bond motifs is 1. The maximum atomic E-state index is 11.6. The van der Waals surface area contributed by atoms with Crippen LogP contribution in [0.1, 0.15) is 10.4 Å². The zero-order chi connectivity index (χ0) is 17.1. The lowest BCUT2D eigenvalue weighted by Crippen LogP contribution is -2.21. The maximum absolute atomic E-state index is 11.6. The topological polar surface area (TPSA) is 73.9 Å². The van der Waals surface area contributed by atoms with E-state index in [2.05, 4.69) is 41.1 Å². The van der Waals surface area contributed by atoms with Crippen LogP contribution in [0.15, 0.2) is 34.9 Å². The van der Waals surface area contributed by atoms with Crippen molar-refractivity contribution in [1.29, 1.82) is 0 Å². The zero-order valence-corrected chi connectivity index (χ0v) is 15.1. The molecule has 2 N–H and O–H groups in total. The van der Waals surface area contributed by atoms with Crippen LogP contribution in [0, 0.1) is 0 Å². The molecule has 0 aliphatic carbocycles. The summed E-state index contributed by atoms with van der Waals surface area (Å²) < 4.78 is 0.920. The van der Waals surface area contributed by atoms with Gasteiger partial charge >= 0.3 is 0 Å². The molecule has 2 heterocycles. The number of hydrogen-bond donors (Lipinski definition) is 2. The van der Waals surface area contributed by atoms with Crippen LogP contribution in [0.5, 0.6) is 0 Å². The van der Waals surface area contributed by atoms with Crippen LogP contribution in [0.4, 0.5) is 5.82 Å². The predicted molar refractivity (Wildman–Crippen MR) is 99.5 cm³/mol. The number of benzene rings is 1. The number of aldehydes is 1. The van der Waals surface area contributed by atoms with Crippen molar-refractivity contribution in [2.45, 2.75) is 0 Å². The molecule has 1 aromatic carbocycles. The number of rotatable bonds is 6. The lowest BCUT2D eigenvalue weighted by molar-refractivity contribution is 0.112. The summed E-state index contributed by atoms with van der Waals surface area (Å²) in [5.41, 5.74) is 2.08. The number of nitrogens with zero attached hydrogens (tertiary/aromatic N) is 3. The van der Waals surface area contributed by atoms with Crippen molar-refractivity contribution >= 4 is 38.9 Å². The molecular formula is C17H18BrN5O. The highest BCUT2D eigenvalue weighted by atomic mass is 79.9. The molecular weight excluding hydrogens is 370 g/mol. The second-order valence-electron chi connectivity index (χ2n) is 5.72. The van der Waals surface area contributed by atoms with E-state index >= 15 is 0 Å². The lowest BCUT2D eigenvalue weighted by atomic mass is 10.1. The van der Waals surface area contributed by atoms with Crippen molar-refractivity contribution in [3.63, 3.8) is 0 Å². The summed E-state index contributed by atoms with van der Waals surface area (Å²) >= 11 is 3.44. The molecule has 0 bridgehead atoms. The van der Waals surface area contributed by atoms with E-state index in [1.165, 1.54) is 0 Å². The van der Waals surface area contributed by atoms with Crippen molar-refractivity contribution in [3.05, 3.63) is 40.5 Å². The Morgan fingerprint density at radius 2 is 2.17 bits per heavy atom. The molecule has 0 unspecified atom stereocenters. The molecule has 3 rings (SSSR count). The van der Waals surface area contributed by atoms with E-state index in [1.54, 1.807) is 6.20 Å². The van der Waals surface area contributed by atoms with Gasteiger partial charge in [-0.1, -0.05) is 15.9 Å². The Hall–Kier alpha value is -2.25. The molecule has 7 heteroatoms. The van der Waals surface area contributed by atoms with Crippen molar-refractivity contribution in [3.8, 4) is 11.5 Å². The molecule has 0 amide bonds. The summed E-state index contributed by atoms with van der Waals surface area (Å²) in [5, 5.41) is 4.11. The number of halogens is 1. The van der Waals surface area contributed by atoms with Crippen molar-refractivity contribution in [1.82, 2.24) is 19.9 Å². The number of carbonyl (C=O) groups is 1. The smallest absolute Gasteiger partial charge is 0.178 e. The van der Waals surface area contributed by atoms with Gasteiger partial charge in [-0.2, -0.15) is 0 Å². The summed E-state index contributed by atoms with van der Waals surface area (Å²) in [4.78, 5) is 25.8. The van der Waals surface area contributed by atoms with E-state index in [0.29, 0.717) is 17.1 Å². The maximum Gasteiger partial charge on any atom is 0.178 e. The second-order valence-corrected chi connectivity index (χ2v) is 6.63. The van der Waals surface area contributed by atoms with Gasteiger partial charge in [-0.25, -0.2) is 9.97 Å². The Kier molecular flexibility index (Phi) is 4.92. The van der Waals surface area contributed by atoms with E-state index < -0.39 is 0 Å². The molecule has 0 saturated carbocycles. The molecule has 3 aromatic rings. The first kappa shape index (κ1) is 16.6. The molecule has 0 fully saturated rings. The normalized spacial score (nSPS) is 11.2. The van der Waals surface area contributed by atoms with Gasteiger partial charge in [0.05, 0.1) is 11.3 Å². The summed E-state index contributed by atoms with van der Waals surface area (Å²) in [6.45, 7) is 1.68. The van der Waals surface area contributed by atoms with Crippen LogP contribution in [0.3, 0.4) is 0 Å². The van der Waals surface area contributed by atoms with E-state index in [0.717, 1.165) is 40.6 Å². The quantitative estimate of drug-likeness (QED) is 0.635. The number of aromatic nitrogens is 3. The van der Waals surface area contributed by atoms with Crippen molar-refractivity contribution in [2.75, 3.05) is 32.5 Å². The summed E-state index contributed by atoms with van der Waals surface area (Å²) in [5.74, 6) is 1.23. The van der Waals surface area contributed by atoms with Crippen LogP contribution in [0.2, 0.25) is 0 Å². The number of carbonyl (C=O) groups excluding carboxylic acids is 1. The third-order valence-electron chi connectivity index (χ3n) is 3.66. The van der Waals surface area contributed by atoms with Gasteiger partial charge in [0.25, 0.3) is 0 Å². The van der Waals surface area contributed by atoms with Crippen LogP contribution < -0.4 is 5.32 Å². The highest BCUT2D eigenvalue weighted by Gasteiger charge is 2.15. The molecule has 24 heavy (non-hydrogen) atoms. The van der Waals surface area contributed by atoms with E-state index in [9.17, 15) is 4.79 Å². The summed E-state index contributed by atoms with van der Waals surface area (Å²) in [6, 6.07) is 7.59. The first-order chi connectivity index (χ1) is 11.6. The molecule has 0 aliphatic rings. The molecule has 0 atom stereocenters. The van der Waals surface area contributed by atoms with Gasteiger partial charge in [0.1, 0.15) is 5.82 Å².